The third kappa shape index (κ3) is 2.55. The number of nitrogens with two attached hydrogens (primary N) is 1. The van der Waals surface area contributed by atoms with Gasteiger partial charge in [0.1, 0.15) is 5.58 Å². The lowest BCUT2D eigenvalue weighted by atomic mass is 9.99. The molecule has 0 aliphatic heterocycles. The predicted octanol–water partition coefficient (Wildman–Crippen LogP) is 3.58. The van der Waals surface area contributed by atoms with Crippen LogP contribution in [0.25, 0.3) is 11.0 Å². The zero-order valence-corrected chi connectivity index (χ0v) is 12.1. The van der Waals surface area contributed by atoms with Crippen LogP contribution in [-0.4, -0.2) is 0 Å². The van der Waals surface area contributed by atoms with Crippen molar-refractivity contribution in [2.24, 2.45) is 0 Å². The fourth-order valence-electron chi connectivity index (χ4n) is 2.61. The average molecular weight is 279 g/mol. The molecule has 106 valence electrons. The molecule has 3 rings (SSSR count). The minimum Gasteiger partial charge on any atom is -0.423 e. The van der Waals surface area contributed by atoms with Gasteiger partial charge in [0.25, 0.3) is 0 Å². The van der Waals surface area contributed by atoms with E-state index in [1.54, 1.807) is 0 Å². The van der Waals surface area contributed by atoms with Gasteiger partial charge in [-0.05, 0) is 49.2 Å². The van der Waals surface area contributed by atoms with Crippen LogP contribution in [0.5, 0.6) is 0 Å². The molecule has 0 saturated carbocycles. The fraction of sp³-hybridized carbons (Fsp3) is 0.167. The van der Waals surface area contributed by atoms with Gasteiger partial charge in [0.2, 0.25) is 0 Å². The Hall–Kier alpha value is -2.55. The first-order chi connectivity index (χ1) is 10.0. The number of hydrogen-bond acceptors (Lipinski definition) is 3. The average Bonchev–Trinajstić information content (AvgIpc) is 2.45. The Balaban J connectivity index is 2.16. The van der Waals surface area contributed by atoms with E-state index in [-0.39, 0.29) is 5.63 Å². The molecule has 3 aromatic rings. The van der Waals surface area contributed by atoms with Crippen molar-refractivity contribution in [2.45, 2.75) is 20.3 Å². The third-order valence-corrected chi connectivity index (χ3v) is 3.77. The summed E-state index contributed by atoms with van der Waals surface area (Å²) in [7, 11) is 0. The van der Waals surface area contributed by atoms with E-state index >= 15 is 0 Å². The van der Waals surface area contributed by atoms with E-state index in [1.165, 1.54) is 0 Å². The van der Waals surface area contributed by atoms with Crippen LogP contribution in [0.15, 0.2) is 51.7 Å². The van der Waals surface area contributed by atoms with Crippen molar-refractivity contribution in [2.75, 3.05) is 5.73 Å². The van der Waals surface area contributed by atoms with Crippen LogP contribution < -0.4 is 11.4 Å². The molecule has 2 aromatic carbocycles. The minimum absolute atomic E-state index is 0.272. The van der Waals surface area contributed by atoms with E-state index in [0.717, 1.165) is 22.1 Å². The van der Waals surface area contributed by atoms with Gasteiger partial charge < -0.3 is 10.2 Å². The maximum Gasteiger partial charge on any atom is 0.340 e. The Kier molecular flexibility index (Phi) is 3.26. The molecule has 0 amide bonds. The summed E-state index contributed by atoms with van der Waals surface area (Å²) in [6, 6.07) is 13.4. The van der Waals surface area contributed by atoms with Crippen LogP contribution in [0, 0.1) is 13.8 Å². The van der Waals surface area contributed by atoms with Crippen molar-refractivity contribution in [3.63, 3.8) is 0 Å². The van der Waals surface area contributed by atoms with Gasteiger partial charge in [-0.2, -0.15) is 0 Å². The van der Waals surface area contributed by atoms with Crippen LogP contribution in [0.3, 0.4) is 0 Å². The van der Waals surface area contributed by atoms with Crippen molar-refractivity contribution in [1.82, 2.24) is 0 Å². The van der Waals surface area contributed by atoms with E-state index < -0.39 is 0 Å². The molecule has 21 heavy (non-hydrogen) atoms. The second-order valence-electron chi connectivity index (χ2n) is 5.41. The van der Waals surface area contributed by atoms with Gasteiger partial charge in [-0.15, -0.1) is 0 Å². The Labute approximate surface area is 123 Å². The van der Waals surface area contributed by atoms with Crippen molar-refractivity contribution in [1.29, 1.82) is 0 Å². The summed E-state index contributed by atoms with van der Waals surface area (Å²) in [6.07, 6.45) is 0.531. The number of fused-ring (bicyclic) bond motifs is 1. The molecule has 0 radical (unpaired) electrons. The topological polar surface area (TPSA) is 56.2 Å². The minimum atomic E-state index is -0.272. The molecule has 0 bridgehead atoms. The van der Waals surface area contributed by atoms with Crippen LogP contribution >= 0.6 is 0 Å². The molecular weight excluding hydrogens is 262 g/mol. The molecule has 0 fully saturated rings. The van der Waals surface area contributed by atoms with Crippen LogP contribution in [0.2, 0.25) is 0 Å². The second kappa shape index (κ2) is 5.09. The zero-order chi connectivity index (χ0) is 15.0. The first kappa shape index (κ1) is 13.4. The molecule has 0 unspecified atom stereocenters. The van der Waals surface area contributed by atoms with E-state index in [2.05, 4.69) is 6.07 Å². The maximum atomic E-state index is 12.2. The quantitative estimate of drug-likeness (QED) is 0.576. The highest BCUT2D eigenvalue weighted by atomic mass is 16.4. The molecular formula is C18H17NO2. The summed E-state index contributed by atoms with van der Waals surface area (Å²) in [5.41, 5.74) is 10.7. The Morgan fingerprint density at radius 2 is 1.90 bits per heavy atom. The van der Waals surface area contributed by atoms with Gasteiger partial charge in [-0.1, -0.05) is 23.8 Å². The number of anilines is 1. The van der Waals surface area contributed by atoms with Gasteiger partial charge in [-0.25, -0.2) is 4.79 Å². The molecule has 3 heteroatoms. The first-order valence-electron chi connectivity index (χ1n) is 6.92. The summed E-state index contributed by atoms with van der Waals surface area (Å²) in [4.78, 5) is 12.2. The van der Waals surface area contributed by atoms with E-state index in [4.69, 9.17) is 10.2 Å². The van der Waals surface area contributed by atoms with E-state index in [9.17, 15) is 4.79 Å². The van der Waals surface area contributed by atoms with Crippen LogP contribution in [0.1, 0.15) is 22.3 Å². The van der Waals surface area contributed by atoms with Crippen LogP contribution in [0.4, 0.5) is 5.69 Å². The third-order valence-electron chi connectivity index (χ3n) is 3.77. The van der Waals surface area contributed by atoms with Crippen LogP contribution in [-0.2, 0) is 6.42 Å². The van der Waals surface area contributed by atoms with Gasteiger partial charge in [0, 0.05) is 23.1 Å². The summed E-state index contributed by atoms with van der Waals surface area (Å²) in [6.45, 7) is 4.00. The van der Waals surface area contributed by atoms with Crippen molar-refractivity contribution in [3.05, 3.63) is 75.1 Å². The number of benzene rings is 2. The highest BCUT2D eigenvalue weighted by molar-refractivity contribution is 5.81. The lowest BCUT2D eigenvalue weighted by Crippen LogP contribution is -2.11. The summed E-state index contributed by atoms with van der Waals surface area (Å²) >= 11 is 0. The standard InChI is InChI=1S/C18H17NO2/c1-11-6-7-17-15(8-11)12(2)16(18(20)21-17)10-13-4-3-5-14(19)9-13/h3-9H,10,19H2,1-2H3. The smallest absolute Gasteiger partial charge is 0.340 e. The lowest BCUT2D eigenvalue weighted by molar-refractivity contribution is 0.551. The lowest BCUT2D eigenvalue weighted by Gasteiger charge is -2.09. The molecule has 0 spiro atoms. The van der Waals surface area contributed by atoms with Crippen molar-refractivity contribution < 1.29 is 4.42 Å². The molecule has 1 heterocycles. The number of rotatable bonds is 2. The first-order valence-corrected chi connectivity index (χ1v) is 6.92. The number of hydrogen-bond donors (Lipinski definition) is 1. The molecule has 0 saturated heterocycles. The van der Waals surface area contributed by atoms with Gasteiger partial charge in [0.05, 0.1) is 0 Å². The number of aryl methyl sites for hydroxylation is 2. The second-order valence-corrected chi connectivity index (χ2v) is 5.41. The van der Waals surface area contributed by atoms with Crippen molar-refractivity contribution in [3.8, 4) is 0 Å². The van der Waals surface area contributed by atoms with Gasteiger partial charge in [-0.3, -0.25) is 0 Å². The Morgan fingerprint density at radius 3 is 2.67 bits per heavy atom. The Morgan fingerprint density at radius 1 is 1.10 bits per heavy atom. The monoisotopic (exact) mass is 279 g/mol. The summed E-state index contributed by atoms with van der Waals surface area (Å²) in [5, 5.41) is 0.994. The normalized spacial score (nSPS) is 11.0. The Bertz CT molecular complexity index is 878. The molecule has 2 N–H and O–H groups in total. The van der Waals surface area contributed by atoms with Gasteiger partial charge >= 0.3 is 5.63 Å². The number of nitrogen functional groups attached to an aromatic ring is 1. The molecule has 0 atom stereocenters. The molecule has 3 nitrogen and oxygen atoms in total. The highest BCUT2D eigenvalue weighted by Crippen LogP contribution is 2.22. The maximum absolute atomic E-state index is 12.2. The van der Waals surface area contributed by atoms with Gasteiger partial charge in [0.15, 0.2) is 0 Å². The summed E-state index contributed by atoms with van der Waals surface area (Å²) < 4.78 is 5.44. The van der Waals surface area contributed by atoms with E-state index in [0.29, 0.717) is 23.3 Å². The van der Waals surface area contributed by atoms with Crippen molar-refractivity contribution >= 4 is 16.7 Å². The fourth-order valence-corrected chi connectivity index (χ4v) is 2.61. The largest absolute Gasteiger partial charge is 0.423 e. The SMILES string of the molecule is Cc1ccc2oc(=O)c(Cc3cccc(N)c3)c(C)c2c1. The zero-order valence-electron chi connectivity index (χ0n) is 12.1. The molecule has 0 aliphatic carbocycles. The predicted molar refractivity (Wildman–Crippen MR) is 85.6 cm³/mol. The summed E-state index contributed by atoms with van der Waals surface area (Å²) in [5.74, 6) is 0. The molecule has 0 aliphatic rings. The highest BCUT2D eigenvalue weighted by Gasteiger charge is 2.12. The van der Waals surface area contributed by atoms with E-state index in [1.807, 2.05) is 50.2 Å². The molecule has 1 aromatic heterocycles.